The Hall–Kier alpha value is -0.900. The molecule has 4 nitrogen and oxygen atoms in total. The van der Waals surface area contributed by atoms with E-state index in [1.807, 2.05) is 6.92 Å². The SMILES string of the molecule is CCCCON(C=O)CC=O. The van der Waals surface area contributed by atoms with Crippen molar-refractivity contribution in [3.8, 4) is 0 Å². The van der Waals surface area contributed by atoms with Crippen LogP contribution in [0.25, 0.3) is 0 Å². The Balaban J connectivity index is 3.35. The van der Waals surface area contributed by atoms with Gasteiger partial charge in [-0.3, -0.25) is 9.63 Å². The van der Waals surface area contributed by atoms with Gasteiger partial charge in [0.1, 0.15) is 12.8 Å². The summed E-state index contributed by atoms with van der Waals surface area (Å²) in [5, 5.41) is 0.989. The van der Waals surface area contributed by atoms with Gasteiger partial charge in [0.25, 0.3) is 0 Å². The van der Waals surface area contributed by atoms with Crippen LogP contribution in [0.2, 0.25) is 0 Å². The molecule has 0 N–H and O–H groups in total. The molecule has 1 amide bonds. The first kappa shape index (κ1) is 10.1. The van der Waals surface area contributed by atoms with Gasteiger partial charge in [-0.15, -0.1) is 0 Å². The lowest BCUT2D eigenvalue weighted by molar-refractivity contribution is -0.172. The van der Waals surface area contributed by atoms with E-state index in [-0.39, 0.29) is 6.54 Å². The maximum atomic E-state index is 10.1. The molecular weight excluding hydrogens is 146 g/mol. The lowest BCUT2D eigenvalue weighted by Gasteiger charge is -2.12. The van der Waals surface area contributed by atoms with Crippen molar-refractivity contribution in [2.75, 3.05) is 13.2 Å². The highest BCUT2D eigenvalue weighted by atomic mass is 16.7. The zero-order valence-electron chi connectivity index (χ0n) is 6.66. The van der Waals surface area contributed by atoms with Crippen molar-refractivity contribution in [1.29, 1.82) is 0 Å². The van der Waals surface area contributed by atoms with Crippen molar-refractivity contribution < 1.29 is 14.4 Å². The van der Waals surface area contributed by atoms with E-state index in [2.05, 4.69) is 0 Å². The van der Waals surface area contributed by atoms with Crippen LogP contribution in [-0.2, 0) is 14.4 Å². The Bertz CT molecular complexity index is 116. The minimum absolute atomic E-state index is 0.00716. The fourth-order valence-corrected chi connectivity index (χ4v) is 0.526. The molecule has 0 aromatic heterocycles. The van der Waals surface area contributed by atoms with Crippen LogP contribution in [0, 0.1) is 0 Å². The number of rotatable bonds is 7. The lowest BCUT2D eigenvalue weighted by atomic mass is 10.4. The number of carbonyl (C=O) groups is 2. The molecule has 0 fully saturated rings. The van der Waals surface area contributed by atoms with Crippen molar-refractivity contribution in [3.05, 3.63) is 0 Å². The average molecular weight is 159 g/mol. The van der Waals surface area contributed by atoms with Crippen LogP contribution in [0.3, 0.4) is 0 Å². The maximum Gasteiger partial charge on any atom is 0.233 e. The van der Waals surface area contributed by atoms with Gasteiger partial charge in [0.05, 0.1) is 6.61 Å². The molecule has 0 aliphatic carbocycles. The first-order valence-corrected chi connectivity index (χ1v) is 3.63. The zero-order chi connectivity index (χ0) is 8.53. The molecule has 11 heavy (non-hydrogen) atoms. The van der Waals surface area contributed by atoms with Gasteiger partial charge in [0.2, 0.25) is 6.41 Å². The predicted molar refractivity (Wildman–Crippen MR) is 39.7 cm³/mol. The van der Waals surface area contributed by atoms with E-state index in [0.29, 0.717) is 19.3 Å². The molecule has 0 aromatic carbocycles. The molecule has 0 spiro atoms. The Morgan fingerprint density at radius 2 is 2.18 bits per heavy atom. The van der Waals surface area contributed by atoms with E-state index in [0.717, 1.165) is 17.9 Å². The van der Waals surface area contributed by atoms with Gasteiger partial charge in [-0.05, 0) is 6.42 Å². The molecule has 0 aliphatic rings. The van der Waals surface area contributed by atoms with Gasteiger partial charge in [0.15, 0.2) is 0 Å². The summed E-state index contributed by atoms with van der Waals surface area (Å²) in [6, 6.07) is 0. The molecule has 0 atom stereocenters. The molecular formula is C7H13NO3. The monoisotopic (exact) mass is 159 g/mol. The number of hydroxylamine groups is 2. The highest BCUT2D eigenvalue weighted by Gasteiger charge is 1.98. The lowest BCUT2D eigenvalue weighted by Crippen LogP contribution is -2.24. The van der Waals surface area contributed by atoms with Gasteiger partial charge < -0.3 is 4.79 Å². The topological polar surface area (TPSA) is 46.6 Å². The minimum Gasteiger partial charge on any atom is -0.301 e. The summed E-state index contributed by atoms with van der Waals surface area (Å²) in [6.45, 7) is 2.52. The fraction of sp³-hybridized carbons (Fsp3) is 0.714. The summed E-state index contributed by atoms with van der Waals surface area (Å²) in [5.41, 5.74) is 0. The standard InChI is InChI=1S/C7H13NO3/c1-2-3-6-11-8(7-10)4-5-9/h5,7H,2-4,6H2,1H3. The molecule has 4 heteroatoms. The fourth-order valence-electron chi connectivity index (χ4n) is 0.526. The number of carbonyl (C=O) groups excluding carboxylic acids is 2. The first-order valence-electron chi connectivity index (χ1n) is 3.63. The largest absolute Gasteiger partial charge is 0.301 e. The molecule has 0 bridgehead atoms. The smallest absolute Gasteiger partial charge is 0.233 e. The number of hydrogen-bond donors (Lipinski definition) is 0. The van der Waals surface area contributed by atoms with Crippen LogP contribution in [0.15, 0.2) is 0 Å². The summed E-state index contributed by atoms with van der Waals surface area (Å²) >= 11 is 0. The molecule has 0 saturated heterocycles. The quantitative estimate of drug-likeness (QED) is 0.306. The molecule has 0 radical (unpaired) electrons. The second kappa shape index (κ2) is 7.21. The predicted octanol–water partition coefficient (Wildman–Crippen LogP) is 0.375. The van der Waals surface area contributed by atoms with Crippen LogP contribution in [-0.4, -0.2) is 30.9 Å². The van der Waals surface area contributed by atoms with Crippen molar-refractivity contribution in [2.45, 2.75) is 19.8 Å². The maximum absolute atomic E-state index is 10.1. The Labute approximate surface area is 66.1 Å². The first-order chi connectivity index (χ1) is 5.35. The van der Waals surface area contributed by atoms with Crippen LogP contribution >= 0.6 is 0 Å². The van der Waals surface area contributed by atoms with E-state index in [1.54, 1.807) is 0 Å². The number of aldehydes is 1. The van der Waals surface area contributed by atoms with Gasteiger partial charge in [-0.2, -0.15) is 0 Å². The van der Waals surface area contributed by atoms with E-state index < -0.39 is 0 Å². The van der Waals surface area contributed by atoms with Gasteiger partial charge in [0, 0.05) is 0 Å². The highest BCUT2D eigenvalue weighted by Crippen LogP contribution is 1.90. The van der Waals surface area contributed by atoms with E-state index in [9.17, 15) is 9.59 Å². The van der Waals surface area contributed by atoms with Gasteiger partial charge in [-0.1, -0.05) is 13.3 Å². The molecule has 0 aliphatic heterocycles. The summed E-state index contributed by atoms with van der Waals surface area (Å²) in [5.74, 6) is 0. The second-order valence-corrected chi connectivity index (χ2v) is 2.06. The number of amides is 1. The highest BCUT2D eigenvalue weighted by molar-refractivity contribution is 5.58. The van der Waals surface area contributed by atoms with Gasteiger partial charge in [-0.25, -0.2) is 5.06 Å². The van der Waals surface area contributed by atoms with Crippen molar-refractivity contribution >= 4 is 12.7 Å². The van der Waals surface area contributed by atoms with Crippen LogP contribution in [0.5, 0.6) is 0 Å². The van der Waals surface area contributed by atoms with Crippen LogP contribution < -0.4 is 0 Å². The molecule has 64 valence electrons. The molecule has 0 unspecified atom stereocenters. The van der Waals surface area contributed by atoms with Crippen LogP contribution in [0.4, 0.5) is 0 Å². The van der Waals surface area contributed by atoms with Gasteiger partial charge >= 0.3 is 0 Å². The molecule has 0 saturated carbocycles. The number of nitrogens with zero attached hydrogens (tertiary/aromatic N) is 1. The van der Waals surface area contributed by atoms with E-state index in [4.69, 9.17) is 4.84 Å². The third-order valence-corrected chi connectivity index (χ3v) is 1.13. The molecule has 0 rings (SSSR count). The number of hydrogen-bond acceptors (Lipinski definition) is 3. The summed E-state index contributed by atoms with van der Waals surface area (Å²) < 4.78 is 0. The minimum atomic E-state index is 0.00716. The molecule has 0 heterocycles. The second-order valence-electron chi connectivity index (χ2n) is 2.06. The summed E-state index contributed by atoms with van der Waals surface area (Å²) in [6.07, 6.45) is 3.03. The molecule has 0 aromatic rings. The average Bonchev–Trinajstić information content (AvgIpc) is 2.03. The Kier molecular flexibility index (Phi) is 6.62. The summed E-state index contributed by atoms with van der Waals surface area (Å²) in [4.78, 5) is 25.0. The van der Waals surface area contributed by atoms with Crippen molar-refractivity contribution in [1.82, 2.24) is 5.06 Å². The van der Waals surface area contributed by atoms with E-state index >= 15 is 0 Å². The summed E-state index contributed by atoms with van der Waals surface area (Å²) in [7, 11) is 0. The number of unbranched alkanes of at least 4 members (excludes halogenated alkanes) is 1. The Morgan fingerprint density at radius 3 is 2.64 bits per heavy atom. The van der Waals surface area contributed by atoms with Crippen molar-refractivity contribution in [3.63, 3.8) is 0 Å². The third-order valence-electron chi connectivity index (χ3n) is 1.13. The normalized spacial score (nSPS) is 9.18. The van der Waals surface area contributed by atoms with E-state index in [1.165, 1.54) is 0 Å². The van der Waals surface area contributed by atoms with Crippen LogP contribution in [0.1, 0.15) is 19.8 Å². The van der Waals surface area contributed by atoms with Crippen molar-refractivity contribution in [2.24, 2.45) is 0 Å². The third kappa shape index (κ3) is 5.54. The zero-order valence-corrected chi connectivity index (χ0v) is 6.66. The Morgan fingerprint density at radius 1 is 1.45 bits per heavy atom.